The van der Waals surface area contributed by atoms with Crippen LogP contribution in [0.1, 0.15) is 48.9 Å². The Morgan fingerprint density at radius 3 is 2.04 bits per heavy atom. The molecule has 1 heteroatoms. The van der Waals surface area contributed by atoms with Crippen molar-refractivity contribution in [2.75, 3.05) is 0 Å². The molecule has 0 amide bonds. The number of hydrogen-bond acceptors (Lipinski definition) is 1. The Kier molecular flexibility index (Phi) is 6.71. The molecule has 0 spiro atoms. The van der Waals surface area contributed by atoms with Crippen molar-refractivity contribution >= 4 is 0 Å². The van der Waals surface area contributed by atoms with E-state index < -0.39 is 0 Å². The number of allylic oxidation sites excluding steroid dienone is 1. The first-order valence-electron chi connectivity index (χ1n) is 10.2. The normalized spacial score (nSPS) is 10.7. The van der Waals surface area contributed by atoms with Gasteiger partial charge >= 0.3 is 0 Å². The Morgan fingerprint density at radius 1 is 0.821 bits per heavy atom. The monoisotopic (exact) mass is 370 g/mol. The van der Waals surface area contributed by atoms with E-state index in [0.29, 0.717) is 5.76 Å². The van der Waals surface area contributed by atoms with Crippen molar-refractivity contribution in [2.24, 2.45) is 0 Å². The fourth-order valence-electron chi connectivity index (χ4n) is 3.54. The van der Waals surface area contributed by atoms with E-state index in [4.69, 9.17) is 4.74 Å². The second-order valence-corrected chi connectivity index (χ2v) is 7.63. The Morgan fingerprint density at radius 2 is 1.43 bits per heavy atom. The Hall–Kier alpha value is -2.80. The van der Waals surface area contributed by atoms with Crippen LogP contribution in [0.2, 0.25) is 0 Å². The second-order valence-electron chi connectivity index (χ2n) is 7.63. The minimum Gasteiger partial charge on any atom is -0.463 e. The standard InChI is InChI=1S/C27H30O/c1-5-6-7-23-16-21(4)17-24(19-23)18-22-8-10-25(11-9-22)26-12-14-27(15-13-26)28-20(2)3/h8-17,19H,2,5-7,18H2,1,3-4H3. The molecule has 0 aromatic heterocycles. The average molecular weight is 371 g/mol. The van der Waals surface area contributed by atoms with Crippen LogP contribution in [0.4, 0.5) is 0 Å². The largest absolute Gasteiger partial charge is 0.463 e. The van der Waals surface area contributed by atoms with E-state index in [-0.39, 0.29) is 0 Å². The van der Waals surface area contributed by atoms with Crippen molar-refractivity contribution in [3.05, 3.63) is 101 Å². The molecule has 1 nitrogen and oxygen atoms in total. The van der Waals surface area contributed by atoms with E-state index >= 15 is 0 Å². The third-order valence-corrected chi connectivity index (χ3v) is 4.86. The summed E-state index contributed by atoms with van der Waals surface area (Å²) in [5, 5.41) is 0. The van der Waals surface area contributed by atoms with E-state index in [1.807, 2.05) is 19.1 Å². The van der Waals surface area contributed by atoms with Crippen molar-refractivity contribution in [1.82, 2.24) is 0 Å². The van der Waals surface area contributed by atoms with E-state index in [9.17, 15) is 0 Å². The van der Waals surface area contributed by atoms with Gasteiger partial charge in [-0.25, -0.2) is 0 Å². The van der Waals surface area contributed by atoms with Crippen LogP contribution in [-0.4, -0.2) is 0 Å². The molecule has 28 heavy (non-hydrogen) atoms. The van der Waals surface area contributed by atoms with E-state index in [2.05, 4.69) is 75.0 Å². The van der Waals surface area contributed by atoms with Gasteiger partial charge in [-0.05, 0) is 73.1 Å². The van der Waals surface area contributed by atoms with Gasteiger partial charge < -0.3 is 4.74 Å². The van der Waals surface area contributed by atoms with Gasteiger partial charge in [-0.1, -0.05) is 80.1 Å². The van der Waals surface area contributed by atoms with Gasteiger partial charge in [-0.15, -0.1) is 0 Å². The molecule has 0 fully saturated rings. The van der Waals surface area contributed by atoms with Gasteiger partial charge in [0.05, 0.1) is 5.76 Å². The average Bonchev–Trinajstić information content (AvgIpc) is 2.67. The quantitative estimate of drug-likeness (QED) is 0.373. The van der Waals surface area contributed by atoms with Gasteiger partial charge in [-0.2, -0.15) is 0 Å². The molecule has 0 aliphatic carbocycles. The molecular formula is C27H30O. The summed E-state index contributed by atoms with van der Waals surface area (Å²) in [6, 6.07) is 24.1. The minimum atomic E-state index is 0.700. The van der Waals surface area contributed by atoms with Crippen LogP contribution in [0.25, 0.3) is 11.1 Å². The molecule has 0 atom stereocenters. The maximum atomic E-state index is 5.54. The summed E-state index contributed by atoms with van der Waals surface area (Å²) in [5.74, 6) is 1.53. The molecule has 3 aromatic rings. The highest BCUT2D eigenvalue weighted by Gasteiger charge is 2.03. The SMILES string of the molecule is C=C(C)Oc1ccc(-c2ccc(Cc3cc(C)cc(CCCC)c3)cc2)cc1. The van der Waals surface area contributed by atoms with Crippen molar-refractivity contribution in [2.45, 2.75) is 46.5 Å². The number of unbranched alkanes of at least 4 members (excludes halogenated alkanes) is 1. The highest BCUT2D eigenvalue weighted by Crippen LogP contribution is 2.24. The lowest BCUT2D eigenvalue weighted by Gasteiger charge is -2.09. The molecule has 0 radical (unpaired) electrons. The summed E-state index contributed by atoms with van der Waals surface area (Å²) >= 11 is 0. The number of ether oxygens (including phenoxy) is 1. The van der Waals surface area contributed by atoms with Crippen LogP contribution in [0, 0.1) is 6.92 Å². The van der Waals surface area contributed by atoms with Crippen LogP contribution in [0.3, 0.4) is 0 Å². The zero-order valence-corrected chi connectivity index (χ0v) is 17.3. The fourth-order valence-corrected chi connectivity index (χ4v) is 3.54. The summed E-state index contributed by atoms with van der Waals surface area (Å²) in [5.41, 5.74) is 7.98. The van der Waals surface area contributed by atoms with Crippen molar-refractivity contribution in [1.29, 1.82) is 0 Å². The molecule has 0 saturated heterocycles. The van der Waals surface area contributed by atoms with Crippen LogP contribution in [-0.2, 0) is 12.8 Å². The zero-order valence-electron chi connectivity index (χ0n) is 17.3. The van der Waals surface area contributed by atoms with Gasteiger partial charge in [0.25, 0.3) is 0 Å². The predicted octanol–water partition coefficient (Wildman–Crippen LogP) is 7.51. The molecule has 0 bridgehead atoms. The molecule has 0 aliphatic heterocycles. The molecule has 0 aliphatic rings. The maximum Gasteiger partial charge on any atom is 0.126 e. The second kappa shape index (κ2) is 9.41. The van der Waals surface area contributed by atoms with Crippen LogP contribution in [0.5, 0.6) is 5.75 Å². The first kappa shape index (κ1) is 19.9. The summed E-state index contributed by atoms with van der Waals surface area (Å²) in [6.07, 6.45) is 4.65. The van der Waals surface area contributed by atoms with E-state index in [1.54, 1.807) is 0 Å². The zero-order chi connectivity index (χ0) is 19.9. The van der Waals surface area contributed by atoms with Crippen LogP contribution in [0.15, 0.2) is 79.1 Å². The molecule has 0 unspecified atom stereocenters. The molecule has 0 saturated carbocycles. The van der Waals surface area contributed by atoms with Gasteiger partial charge in [0.1, 0.15) is 5.75 Å². The number of hydrogen-bond donors (Lipinski definition) is 0. The molecule has 144 valence electrons. The van der Waals surface area contributed by atoms with Gasteiger partial charge in [-0.3, -0.25) is 0 Å². The predicted molar refractivity (Wildman–Crippen MR) is 120 cm³/mol. The van der Waals surface area contributed by atoms with Gasteiger partial charge in [0, 0.05) is 0 Å². The topological polar surface area (TPSA) is 9.23 Å². The first-order valence-corrected chi connectivity index (χ1v) is 10.2. The minimum absolute atomic E-state index is 0.700. The summed E-state index contributed by atoms with van der Waals surface area (Å²) in [7, 11) is 0. The van der Waals surface area contributed by atoms with Gasteiger partial charge in [0.15, 0.2) is 0 Å². The summed E-state index contributed by atoms with van der Waals surface area (Å²) < 4.78 is 5.54. The third-order valence-electron chi connectivity index (χ3n) is 4.86. The molecule has 3 rings (SSSR count). The van der Waals surface area contributed by atoms with E-state index in [0.717, 1.165) is 12.2 Å². The Balaban J connectivity index is 1.71. The Bertz CT molecular complexity index is 917. The molecule has 0 heterocycles. The number of rotatable bonds is 8. The maximum absolute atomic E-state index is 5.54. The van der Waals surface area contributed by atoms with Crippen LogP contribution < -0.4 is 4.74 Å². The smallest absolute Gasteiger partial charge is 0.126 e. The first-order chi connectivity index (χ1) is 13.5. The number of benzene rings is 3. The highest BCUT2D eigenvalue weighted by molar-refractivity contribution is 5.64. The number of aryl methyl sites for hydroxylation is 2. The molecular weight excluding hydrogens is 340 g/mol. The van der Waals surface area contributed by atoms with E-state index in [1.165, 1.54) is 52.6 Å². The molecule has 3 aromatic carbocycles. The fraction of sp³-hybridized carbons (Fsp3) is 0.259. The van der Waals surface area contributed by atoms with Crippen LogP contribution >= 0.6 is 0 Å². The Labute approximate surface area is 169 Å². The lowest BCUT2D eigenvalue weighted by atomic mass is 9.96. The highest BCUT2D eigenvalue weighted by atomic mass is 16.5. The van der Waals surface area contributed by atoms with Crippen molar-refractivity contribution in [3.63, 3.8) is 0 Å². The lowest BCUT2D eigenvalue weighted by Crippen LogP contribution is -1.93. The van der Waals surface area contributed by atoms with Gasteiger partial charge in [0.2, 0.25) is 0 Å². The van der Waals surface area contributed by atoms with Crippen molar-refractivity contribution < 1.29 is 4.74 Å². The lowest BCUT2D eigenvalue weighted by molar-refractivity contribution is 0.430. The summed E-state index contributed by atoms with van der Waals surface area (Å²) in [4.78, 5) is 0. The molecule has 0 N–H and O–H groups in total. The summed E-state index contributed by atoms with van der Waals surface area (Å²) in [6.45, 7) is 10.1. The third kappa shape index (κ3) is 5.60. The van der Waals surface area contributed by atoms with Crippen molar-refractivity contribution in [3.8, 4) is 16.9 Å².